The summed E-state index contributed by atoms with van der Waals surface area (Å²) < 4.78 is 13.0. The van der Waals surface area contributed by atoms with Gasteiger partial charge in [0.25, 0.3) is 0 Å². The van der Waals surface area contributed by atoms with Crippen LogP contribution in [0.1, 0.15) is 39.5 Å². The van der Waals surface area contributed by atoms with Gasteiger partial charge in [-0.05, 0) is 37.0 Å². The quantitative estimate of drug-likeness (QED) is 0.682. The van der Waals surface area contributed by atoms with E-state index in [0.717, 1.165) is 25.7 Å². The minimum atomic E-state index is -0.985. The fourth-order valence-corrected chi connectivity index (χ4v) is 1.93. The van der Waals surface area contributed by atoms with Crippen LogP contribution in [0.5, 0.6) is 0 Å². The lowest BCUT2D eigenvalue weighted by Gasteiger charge is -2.35. The molecule has 12 heavy (non-hydrogen) atoms. The molecular weight excluding hydrogens is 155 g/mol. The van der Waals surface area contributed by atoms with Gasteiger partial charge in [-0.1, -0.05) is 13.8 Å². The summed E-state index contributed by atoms with van der Waals surface area (Å²) in [5, 5.41) is 8.64. The molecule has 2 heteroatoms. The third-order valence-electron chi connectivity index (χ3n) is 3.07. The van der Waals surface area contributed by atoms with Gasteiger partial charge in [-0.2, -0.15) is 0 Å². The van der Waals surface area contributed by atoms with E-state index in [2.05, 4.69) is 13.8 Å². The molecule has 0 amide bonds. The number of aliphatic hydroxyl groups excluding tert-OH is 1. The zero-order chi connectivity index (χ0) is 9.19. The Balaban J connectivity index is 2.36. The first-order valence-electron chi connectivity index (χ1n) is 4.80. The average Bonchev–Trinajstić information content (AvgIpc) is 2.03. The lowest BCUT2D eigenvalue weighted by atomic mass is 9.72. The Morgan fingerprint density at radius 2 is 1.92 bits per heavy atom. The molecule has 1 aliphatic carbocycles. The minimum absolute atomic E-state index is 0.114. The van der Waals surface area contributed by atoms with Crippen LogP contribution >= 0.6 is 0 Å². The molecule has 72 valence electrons. The summed E-state index contributed by atoms with van der Waals surface area (Å²) in [6.45, 7) is 4.16. The van der Waals surface area contributed by atoms with Gasteiger partial charge in [0.1, 0.15) is 6.17 Å². The number of halogens is 1. The second-order valence-corrected chi connectivity index (χ2v) is 4.70. The van der Waals surface area contributed by atoms with Crippen LogP contribution in [0.4, 0.5) is 4.39 Å². The molecule has 0 aromatic rings. The van der Waals surface area contributed by atoms with E-state index in [9.17, 15) is 4.39 Å². The maximum Gasteiger partial charge on any atom is 0.126 e. The van der Waals surface area contributed by atoms with Crippen LogP contribution in [-0.4, -0.2) is 17.9 Å². The molecule has 1 nitrogen and oxygen atoms in total. The van der Waals surface area contributed by atoms with Crippen LogP contribution in [0, 0.1) is 11.3 Å². The first-order chi connectivity index (χ1) is 5.55. The van der Waals surface area contributed by atoms with Crippen molar-refractivity contribution in [1.29, 1.82) is 0 Å². The molecule has 1 fully saturated rings. The first-order valence-corrected chi connectivity index (χ1v) is 4.80. The number of rotatable bonds is 2. The summed E-state index contributed by atoms with van der Waals surface area (Å²) in [7, 11) is 0. The van der Waals surface area contributed by atoms with Gasteiger partial charge in [0.05, 0.1) is 6.61 Å². The molecule has 0 aromatic carbocycles. The van der Waals surface area contributed by atoms with Crippen LogP contribution in [0.3, 0.4) is 0 Å². The second-order valence-electron chi connectivity index (χ2n) is 4.70. The van der Waals surface area contributed by atoms with E-state index in [1.54, 1.807) is 0 Å². The Kier molecular flexibility index (Phi) is 3.10. The first kappa shape index (κ1) is 9.97. The number of alkyl halides is 1. The lowest BCUT2D eigenvalue weighted by molar-refractivity contribution is 0.0757. The highest BCUT2D eigenvalue weighted by Crippen LogP contribution is 2.39. The van der Waals surface area contributed by atoms with E-state index < -0.39 is 6.17 Å². The summed E-state index contributed by atoms with van der Waals surface area (Å²) in [5.41, 5.74) is 0.395. The Morgan fingerprint density at radius 3 is 2.33 bits per heavy atom. The van der Waals surface area contributed by atoms with Crippen molar-refractivity contribution in [2.24, 2.45) is 11.3 Å². The summed E-state index contributed by atoms with van der Waals surface area (Å²) in [6.07, 6.45) is 3.08. The fraction of sp³-hybridized carbons (Fsp3) is 1.00. The largest absolute Gasteiger partial charge is 0.393 e. The molecule has 1 unspecified atom stereocenters. The monoisotopic (exact) mass is 174 g/mol. The molecule has 1 N–H and O–H groups in total. The SMILES string of the molecule is CC1(C)CCC(C(F)CO)CC1. The Labute approximate surface area is 74.0 Å². The van der Waals surface area contributed by atoms with Gasteiger partial charge in [-0.15, -0.1) is 0 Å². The van der Waals surface area contributed by atoms with Crippen LogP contribution in [-0.2, 0) is 0 Å². The molecule has 0 spiro atoms. The lowest BCUT2D eigenvalue weighted by Crippen LogP contribution is -2.28. The van der Waals surface area contributed by atoms with Crippen molar-refractivity contribution in [3.63, 3.8) is 0 Å². The third kappa shape index (κ3) is 2.44. The van der Waals surface area contributed by atoms with Crippen LogP contribution in [0.25, 0.3) is 0 Å². The number of hydrogen-bond acceptors (Lipinski definition) is 1. The van der Waals surface area contributed by atoms with Crippen molar-refractivity contribution < 1.29 is 9.50 Å². The summed E-state index contributed by atoms with van der Waals surface area (Å²) in [4.78, 5) is 0. The van der Waals surface area contributed by atoms with Gasteiger partial charge in [-0.3, -0.25) is 0 Å². The van der Waals surface area contributed by atoms with Crippen LogP contribution in [0.2, 0.25) is 0 Å². The Morgan fingerprint density at radius 1 is 1.42 bits per heavy atom. The second kappa shape index (κ2) is 3.73. The van der Waals surface area contributed by atoms with Gasteiger partial charge in [-0.25, -0.2) is 4.39 Å². The van der Waals surface area contributed by atoms with E-state index >= 15 is 0 Å². The number of hydrogen-bond donors (Lipinski definition) is 1. The highest BCUT2D eigenvalue weighted by atomic mass is 19.1. The standard InChI is InChI=1S/C10H19FO/c1-10(2)5-3-8(4-6-10)9(11)7-12/h8-9,12H,3-7H2,1-2H3. The number of aliphatic hydroxyl groups is 1. The molecule has 0 saturated heterocycles. The van der Waals surface area contributed by atoms with Gasteiger partial charge in [0.2, 0.25) is 0 Å². The van der Waals surface area contributed by atoms with Gasteiger partial charge in [0, 0.05) is 0 Å². The Hall–Kier alpha value is -0.110. The van der Waals surface area contributed by atoms with Gasteiger partial charge in [0.15, 0.2) is 0 Å². The topological polar surface area (TPSA) is 20.2 Å². The van der Waals surface area contributed by atoms with E-state index in [1.165, 1.54) is 0 Å². The molecule has 1 atom stereocenters. The third-order valence-corrected chi connectivity index (χ3v) is 3.07. The van der Waals surface area contributed by atoms with E-state index in [4.69, 9.17) is 5.11 Å². The van der Waals surface area contributed by atoms with Gasteiger partial charge >= 0.3 is 0 Å². The smallest absolute Gasteiger partial charge is 0.126 e. The van der Waals surface area contributed by atoms with E-state index in [1.807, 2.05) is 0 Å². The van der Waals surface area contributed by atoms with Crippen molar-refractivity contribution in [2.75, 3.05) is 6.61 Å². The summed E-state index contributed by atoms with van der Waals surface area (Å²) in [6, 6.07) is 0. The highest BCUT2D eigenvalue weighted by molar-refractivity contribution is 4.81. The van der Waals surface area contributed by atoms with E-state index in [0.29, 0.717) is 5.41 Å². The minimum Gasteiger partial charge on any atom is -0.393 e. The van der Waals surface area contributed by atoms with Crippen molar-refractivity contribution in [3.05, 3.63) is 0 Å². The zero-order valence-corrected chi connectivity index (χ0v) is 8.02. The summed E-state index contributed by atoms with van der Waals surface area (Å²) in [5.74, 6) is 0.114. The fourth-order valence-electron chi connectivity index (χ4n) is 1.93. The molecule has 1 saturated carbocycles. The maximum absolute atomic E-state index is 13.0. The van der Waals surface area contributed by atoms with Crippen molar-refractivity contribution in [1.82, 2.24) is 0 Å². The van der Waals surface area contributed by atoms with Crippen LogP contribution in [0.15, 0.2) is 0 Å². The predicted octanol–water partition coefficient (Wildman–Crippen LogP) is 2.53. The van der Waals surface area contributed by atoms with Gasteiger partial charge < -0.3 is 5.11 Å². The molecule has 0 aliphatic heterocycles. The molecule has 0 radical (unpaired) electrons. The Bertz CT molecular complexity index is 135. The molecule has 0 aromatic heterocycles. The van der Waals surface area contributed by atoms with E-state index in [-0.39, 0.29) is 12.5 Å². The van der Waals surface area contributed by atoms with Crippen LogP contribution < -0.4 is 0 Å². The zero-order valence-electron chi connectivity index (χ0n) is 8.02. The predicted molar refractivity (Wildman–Crippen MR) is 47.7 cm³/mol. The molecular formula is C10H19FO. The molecule has 0 heterocycles. The molecule has 1 aliphatic rings. The molecule has 0 bridgehead atoms. The highest BCUT2D eigenvalue weighted by Gasteiger charge is 2.30. The summed E-state index contributed by atoms with van der Waals surface area (Å²) >= 11 is 0. The van der Waals surface area contributed by atoms with Crippen molar-refractivity contribution >= 4 is 0 Å². The molecule has 1 rings (SSSR count). The van der Waals surface area contributed by atoms with Crippen molar-refractivity contribution in [2.45, 2.75) is 45.7 Å². The van der Waals surface area contributed by atoms with Crippen molar-refractivity contribution in [3.8, 4) is 0 Å². The average molecular weight is 174 g/mol. The maximum atomic E-state index is 13.0. The normalized spacial score (nSPS) is 27.0.